The Morgan fingerprint density at radius 2 is 2.14 bits per heavy atom. The van der Waals surface area contributed by atoms with E-state index in [1.807, 2.05) is 0 Å². The number of halogens is 2. The Labute approximate surface area is 90.2 Å². The largest absolute Gasteiger partial charge is 0.381 e. The highest BCUT2D eigenvalue weighted by Gasteiger charge is 2.16. The van der Waals surface area contributed by atoms with E-state index in [4.69, 9.17) is 23.2 Å². The zero-order valence-corrected chi connectivity index (χ0v) is 8.50. The first-order chi connectivity index (χ1) is 6.50. The minimum absolute atomic E-state index is 0.229. The molecule has 0 bridgehead atoms. The average Bonchev–Trinajstić information content (AvgIpc) is 2.01. The molecule has 6 heteroatoms. The van der Waals surface area contributed by atoms with E-state index >= 15 is 0 Å². The van der Waals surface area contributed by atoms with Crippen LogP contribution in [0.3, 0.4) is 0 Å². The predicted molar refractivity (Wildman–Crippen MR) is 53.3 cm³/mol. The zero-order chi connectivity index (χ0) is 10.7. The number of aliphatic hydroxyl groups excluding tert-OH is 1. The van der Waals surface area contributed by atoms with Gasteiger partial charge in [0, 0.05) is 20.5 Å². The molecule has 0 spiro atoms. The van der Waals surface area contributed by atoms with Gasteiger partial charge in [-0.15, -0.1) is 0 Å². The van der Waals surface area contributed by atoms with Gasteiger partial charge < -0.3 is 5.11 Å². The van der Waals surface area contributed by atoms with Gasteiger partial charge in [0.1, 0.15) is 6.10 Å². The van der Waals surface area contributed by atoms with Gasteiger partial charge in [0.05, 0.1) is 0 Å². The summed E-state index contributed by atoms with van der Waals surface area (Å²) in [6.07, 6.45) is -1.20. The van der Waals surface area contributed by atoms with Crippen LogP contribution in [0.15, 0.2) is 18.2 Å². The van der Waals surface area contributed by atoms with E-state index in [1.165, 1.54) is 18.2 Å². The molecule has 0 radical (unpaired) electrons. The highest BCUT2D eigenvalue weighted by Crippen LogP contribution is 2.26. The summed E-state index contributed by atoms with van der Waals surface area (Å²) in [7, 11) is 0. The second kappa shape index (κ2) is 4.59. The van der Waals surface area contributed by atoms with Crippen molar-refractivity contribution in [2.75, 3.05) is 6.54 Å². The van der Waals surface area contributed by atoms with Crippen molar-refractivity contribution in [3.8, 4) is 0 Å². The Balaban J connectivity index is 2.90. The highest BCUT2D eigenvalue weighted by atomic mass is 35.5. The fraction of sp³-hybridized carbons (Fsp3) is 0.250. The number of hydrogen-bond acceptors (Lipinski definition) is 3. The second-order valence-electron chi connectivity index (χ2n) is 2.70. The van der Waals surface area contributed by atoms with Gasteiger partial charge in [-0.3, -0.25) is 10.1 Å². The zero-order valence-electron chi connectivity index (χ0n) is 6.98. The van der Waals surface area contributed by atoms with Crippen LogP contribution in [-0.4, -0.2) is 16.6 Å². The molecular formula is C8H7Cl2NO3. The van der Waals surface area contributed by atoms with Crippen molar-refractivity contribution < 1.29 is 10.0 Å². The SMILES string of the molecule is O=[N+]([O-])CC(O)c1ccc(Cl)cc1Cl. The summed E-state index contributed by atoms with van der Waals surface area (Å²) in [5, 5.41) is 20.2. The van der Waals surface area contributed by atoms with Crippen LogP contribution in [-0.2, 0) is 0 Å². The molecule has 0 heterocycles. The van der Waals surface area contributed by atoms with E-state index in [0.29, 0.717) is 10.6 Å². The minimum Gasteiger partial charge on any atom is -0.381 e. The maximum Gasteiger partial charge on any atom is 0.233 e. The smallest absolute Gasteiger partial charge is 0.233 e. The highest BCUT2D eigenvalue weighted by molar-refractivity contribution is 6.35. The number of benzene rings is 1. The Morgan fingerprint density at radius 3 is 2.64 bits per heavy atom. The molecule has 14 heavy (non-hydrogen) atoms. The number of rotatable bonds is 3. The van der Waals surface area contributed by atoms with Crippen molar-refractivity contribution in [2.24, 2.45) is 0 Å². The van der Waals surface area contributed by atoms with Gasteiger partial charge in [0.15, 0.2) is 0 Å². The van der Waals surface area contributed by atoms with Gasteiger partial charge in [0.25, 0.3) is 0 Å². The minimum atomic E-state index is -1.20. The van der Waals surface area contributed by atoms with E-state index < -0.39 is 17.6 Å². The molecule has 0 aromatic heterocycles. The first-order valence-corrected chi connectivity index (χ1v) is 4.51. The maximum atomic E-state index is 10.1. The van der Waals surface area contributed by atoms with Gasteiger partial charge in [-0.2, -0.15) is 0 Å². The van der Waals surface area contributed by atoms with Crippen molar-refractivity contribution in [2.45, 2.75) is 6.10 Å². The van der Waals surface area contributed by atoms with Crippen molar-refractivity contribution in [3.63, 3.8) is 0 Å². The Hall–Kier alpha value is -0.840. The molecule has 1 aromatic carbocycles. The lowest BCUT2D eigenvalue weighted by molar-refractivity contribution is -0.491. The molecule has 1 rings (SSSR count). The van der Waals surface area contributed by atoms with E-state index in [1.54, 1.807) is 0 Å². The third-order valence-electron chi connectivity index (χ3n) is 1.64. The number of aliphatic hydroxyl groups is 1. The monoisotopic (exact) mass is 235 g/mol. The van der Waals surface area contributed by atoms with Gasteiger partial charge in [0.2, 0.25) is 6.54 Å². The average molecular weight is 236 g/mol. The summed E-state index contributed by atoms with van der Waals surface area (Å²) >= 11 is 11.4. The lowest BCUT2D eigenvalue weighted by Crippen LogP contribution is -2.12. The van der Waals surface area contributed by atoms with Crippen molar-refractivity contribution in [1.82, 2.24) is 0 Å². The van der Waals surface area contributed by atoms with E-state index in [9.17, 15) is 15.2 Å². The first-order valence-electron chi connectivity index (χ1n) is 3.75. The predicted octanol–water partition coefficient (Wildman–Crippen LogP) is 2.30. The molecule has 0 saturated carbocycles. The molecule has 0 amide bonds. The van der Waals surface area contributed by atoms with Crippen LogP contribution in [0.5, 0.6) is 0 Å². The van der Waals surface area contributed by atoms with Crippen LogP contribution in [0.2, 0.25) is 10.0 Å². The molecule has 0 fully saturated rings. The second-order valence-corrected chi connectivity index (χ2v) is 3.54. The van der Waals surface area contributed by atoms with Crippen LogP contribution in [0.4, 0.5) is 0 Å². The molecule has 1 aromatic rings. The van der Waals surface area contributed by atoms with Crippen LogP contribution >= 0.6 is 23.2 Å². The molecule has 1 N–H and O–H groups in total. The van der Waals surface area contributed by atoms with E-state index in [2.05, 4.69) is 0 Å². The number of nitrogens with zero attached hydrogens (tertiary/aromatic N) is 1. The van der Waals surface area contributed by atoms with Crippen molar-refractivity contribution >= 4 is 23.2 Å². The number of hydrogen-bond donors (Lipinski definition) is 1. The summed E-state index contributed by atoms with van der Waals surface area (Å²) in [6, 6.07) is 4.42. The first kappa shape index (κ1) is 11.2. The Kier molecular flexibility index (Phi) is 3.69. The molecular weight excluding hydrogens is 229 g/mol. The van der Waals surface area contributed by atoms with Crippen molar-refractivity contribution in [1.29, 1.82) is 0 Å². The van der Waals surface area contributed by atoms with Crippen LogP contribution in [0.25, 0.3) is 0 Å². The third-order valence-corrected chi connectivity index (χ3v) is 2.21. The normalized spacial score (nSPS) is 12.5. The fourth-order valence-electron chi connectivity index (χ4n) is 1.01. The van der Waals surface area contributed by atoms with Crippen LogP contribution in [0, 0.1) is 10.1 Å². The third kappa shape index (κ3) is 2.83. The summed E-state index contributed by atoms with van der Waals surface area (Å²) in [4.78, 5) is 9.54. The fourth-order valence-corrected chi connectivity index (χ4v) is 1.55. The standard InChI is InChI=1S/C8H7Cl2NO3/c9-5-1-2-6(7(10)3-5)8(12)4-11(13)14/h1-3,8,12H,4H2. The summed E-state index contributed by atoms with van der Waals surface area (Å²) in [5.74, 6) is 0. The molecule has 76 valence electrons. The van der Waals surface area contributed by atoms with Crippen LogP contribution < -0.4 is 0 Å². The lowest BCUT2D eigenvalue weighted by Gasteiger charge is -2.08. The van der Waals surface area contributed by atoms with Gasteiger partial charge in [-0.25, -0.2) is 0 Å². The quantitative estimate of drug-likeness (QED) is 0.646. The molecule has 0 saturated heterocycles. The summed E-state index contributed by atoms with van der Waals surface area (Å²) in [6.45, 7) is -0.568. The molecule has 0 aliphatic rings. The maximum absolute atomic E-state index is 10.1. The molecule has 0 aliphatic heterocycles. The van der Waals surface area contributed by atoms with Gasteiger partial charge in [-0.1, -0.05) is 29.3 Å². The number of nitro groups is 1. The summed E-state index contributed by atoms with van der Waals surface area (Å²) < 4.78 is 0. The summed E-state index contributed by atoms with van der Waals surface area (Å²) in [5.41, 5.74) is 0.313. The molecule has 1 unspecified atom stereocenters. The molecule has 0 aliphatic carbocycles. The molecule has 1 atom stereocenters. The van der Waals surface area contributed by atoms with Crippen molar-refractivity contribution in [3.05, 3.63) is 43.9 Å². The van der Waals surface area contributed by atoms with E-state index in [-0.39, 0.29) is 5.02 Å². The van der Waals surface area contributed by atoms with Gasteiger partial charge in [-0.05, 0) is 12.1 Å². The molecule has 4 nitrogen and oxygen atoms in total. The van der Waals surface area contributed by atoms with Crippen LogP contribution in [0.1, 0.15) is 11.7 Å². The Bertz CT molecular complexity index is 356. The topological polar surface area (TPSA) is 63.4 Å². The van der Waals surface area contributed by atoms with E-state index in [0.717, 1.165) is 0 Å². The van der Waals surface area contributed by atoms with Gasteiger partial charge >= 0.3 is 0 Å². The lowest BCUT2D eigenvalue weighted by atomic mass is 10.1. The Morgan fingerprint density at radius 1 is 1.50 bits per heavy atom.